The molecule has 0 amide bonds. The van der Waals surface area contributed by atoms with Gasteiger partial charge in [0.25, 0.3) is 0 Å². The van der Waals surface area contributed by atoms with Crippen molar-refractivity contribution in [1.82, 2.24) is 25.5 Å². The van der Waals surface area contributed by atoms with E-state index in [9.17, 15) is 0 Å². The van der Waals surface area contributed by atoms with Gasteiger partial charge in [0.15, 0.2) is 5.82 Å². The second-order valence-corrected chi connectivity index (χ2v) is 8.89. The van der Waals surface area contributed by atoms with Crippen molar-refractivity contribution in [2.75, 3.05) is 20.1 Å². The lowest BCUT2D eigenvalue weighted by Crippen LogP contribution is -2.40. The summed E-state index contributed by atoms with van der Waals surface area (Å²) in [6.07, 6.45) is 3.51. The highest BCUT2D eigenvalue weighted by Crippen LogP contribution is 2.57. The highest BCUT2D eigenvalue weighted by molar-refractivity contribution is 6.31. The summed E-state index contributed by atoms with van der Waals surface area (Å²) in [6.45, 7) is 8.86. The van der Waals surface area contributed by atoms with Gasteiger partial charge in [0.2, 0.25) is 0 Å². The van der Waals surface area contributed by atoms with Crippen molar-refractivity contribution in [2.24, 2.45) is 0 Å². The molecule has 1 atom stereocenters. The third-order valence-corrected chi connectivity index (χ3v) is 7.02. The quantitative estimate of drug-likeness (QED) is 0.890. The monoisotopic (exact) mass is 359 g/mol. The molecule has 2 heterocycles. The molecule has 1 aliphatic heterocycles. The Morgan fingerprint density at radius 2 is 2.00 bits per heavy atom. The number of nitrogens with one attached hydrogen (secondary N) is 1. The minimum Gasteiger partial charge on any atom is -0.306 e. The molecule has 1 fully saturated rings. The maximum absolute atomic E-state index is 6.53. The van der Waals surface area contributed by atoms with E-state index < -0.39 is 0 Å². The predicted octanol–water partition coefficient (Wildman–Crippen LogP) is 3.59. The average Bonchev–Trinajstić information content (AvgIpc) is 3.20. The van der Waals surface area contributed by atoms with E-state index in [1.54, 1.807) is 0 Å². The van der Waals surface area contributed by atoms with Gasteiger partial charge in [-0.3, -0.25) is 0 Å². The molecule has 1 aliphatic carbocycles. The third-order valence-electron chi connectivity index (χ3n) is 6.61. The van der Waals surface area contributed by atoms with E-state index in [0.29, 0.717) is 5.92 Å². The lowest BCUT2D eigenvalue weighted by molar-refractivity contribution is 0.173. The highest BCUT2D eigenvalue weighted by Gasteiger charge is 2.51. The maximum atomic E-state index is 6.53. The number of fused-ring (bicyclic) bond motifs is 2. The summed E-state index contributed by atoms with van der Waals surface area (Å²) in [6, 6.07) is 4.54. The van der Waals surface area contributed by atoms with E-state index in [0.717, 1.165) is 35.9 Å². The average molecular weight is 360 g/mol. The van der Waals surface area contributed by atoms with Crippen LogP contribution in [0.4, 0.5) is 0 Å². The van der Waals surface area contributed by atoms with E-state index in [4.69, 9.17) is 11.6 Å². The van der Waals surface area contributed by atoms with Crippen LogP contribution in [0.5, 0.6) is 0 Å². The van der Waals surface area contributed by atoms with Crippen LogP contribution in [0.25, 0.3) is 0 Å². The van der Waals surface area contributed by atoms with Crippen molar-refractivity contribution in [3.05, 3.63) is 39.7 Å². The first kappa shape index (κ1) is 17.0. The summed E-state index contributed by atoms with van der Waals surface area (Å²) in [5.41, 5.74) is 4.10. The lowest BCUT2D eigenvalue weighted by Gasteiger charge is -2.40. The second-order valence-electron chi connectivity index (χ2n) is 8.49. The van der Waals surface area contributed by atoms with Gasteiger partial charge in [0.05, 0.1) is 0 Å². The van der Waals surface area contributed by atoms with E-state index in [2.05, 4.69) is 65.5 Å². The Hall–Kier alpha value is -1.46. The summed E-state index contributed by atoms with van der Waals surface area (Å²) in [5.74, 6) is 1.17. The number of aryl methyl sites for hydroxylation is 1. The highest BCUT2D eigenvalue weighted by atomic mass is 35.5. The van der Waals surface area contributed by atoms with Crippen LogP contribution >= 0.6 is 11.6 Å². The van der Waals surface area contributed by atoms with Gasteiger partial charge in [0.1, 0.15) is 0 Å². The Morgan fingerprint density at radius 3 is 2.64 bits per heavy atom. The van der Waals surface area contributed by atoms with Crippen molar-refractivity contribution in [3.63, 3.8) is 0 Å². The Kier molecular flexibility index (Phi) is 3.92. The summed E-state index contributed by atoms with van der Waals surface area (Å²) < 4.78 is 0. The van der Waals surface area contributed by atoms with Gasteiger partial charge in [-0.25, -0.2) is 0 Å². The Balaban J connectivity index is 1.83. The van der Waals surface area contributed by atoms with Crippen LogP contribution < -0.4 is 0 Å². The van der Waals surface area contributed by atoms with Crippen molar-refractivity contribution in [2.45, 2.75) is 56.8 Å². The van der Waals surface area contributed by atoms with E-state index >= 15 is 0 Å². The molecule has 1 aromatic heterocycles. The Labute approximate surface area is 154 Å². The molecule has 1 aromatic carbocycles. The fourth-order valence-electron chi connectivity index (χ4n) is 4.82. The summed E-state index contributed by atoms with van der Waals surface area (Å²) >= 11 is 6.53. The van der Waals surface area contributed by atoms with Gasteiger partial charge in [-0.1, -0.05) is 36.7 Å². The van der Waals surface area contributed by atoms with E-state index in [1.165, 1.54) is 24.0 Å². The first-order valence-electron chi connectivity index (χ1n) is 9.06. The standard InChI is InChI=1S/C19H26ClN5/c1-12-9-13-14(10-16(12)20)19(5-7-25(4)8-6-19)11-15(13)18(2,3)17-21-23-24-22-17/h9-10,15H,5-8,11H2,1-4H3,(H,21,22,23,24)/t15-/m0/s1. The zero-order valence-electron chi connectivity index (χ0n) is 15.4. The number of benzene rings is 1. The minimum atomic E-state index is -0.172. The molecule has 2 aromatic rings. The number of nitrogens with zero attached hydrogens (tertiary/aromatic N) is 4. The van der Waals surface area contributed by atoms with Crippen LogP contribution in [0.1, 0.15) is 61.5 Å². The molecule has 6 heteroatoms. The van der Waals surface area contributed by atoms with Gasteiger partial charge in [-0.15, -0.1) is 10.2 Å². The third kappa shape index (κ3) is 2.59. The van der Waals surface area contributed by atoms with Crippen molar-refractivity contribution >= 4 is 11.6 Å². The molecule has 5 nitrogen and oxygen atoms in total. The summed E-state index contributed by atoms with van der Waals surface area (Å²) in [4.78, 5) is 2.43. The molecule has 0 radical (unpaired) electrons. The van der Waals surface area contributed by atoms with Crippen molar-refractivity contribution < 1.29 is 0 Å². The molecule has 25 heavy (non-hydrogen) atoms. The Morgan fingerprint density at radius 1 is 1.28 bits per heavy atom. The topological polar surface area (TPSA) is 57.7 Å². The van der Waals surface area contributed by atoms with Gasteiger partial charge >= 0.3 is 0 Å². The maximum Gasteiger partial charge on any atom is 0.180 e. The second kappa shape index (κ2) is 5.78. The van der Waals surface area contributed by atoms with Crippen molar-refractivity contribution in [1.29, 1.82) is 0 Å². The molecule has 1 saturated heterocycles. The zero-order chi connectivity index (χ0) is 17.8. The molecule has 1 N–H and O–H groups in total. The van der Waals surface area contributed by atoms with Gasteiger partial charge in [-0.2, -0.15) is 5.21 Å². The number of hydrogen-bond donors (Lipinski definition) is 1. The fourth-order valence-corrected chi connectivity index (χ4v) is 4.98. The predicted molar refractivity (Wildman–Crippen MR) is 99.2 cm³/mol. The number of likely N-dealkylation sites (tertiary alicyclic amines) is 1. The van der Waals surface area contributed by atoms with Gasteiger partial charge in [-0.05, 0) is 80.4 Å². The first-order chi connectivity index (χ1) is 11.8. The van der Waals surface area contributed by atoms with Crippen LogP contribution in [-0.4, -0.2) is 45.7 Å². The molecule has 4 rings (SSSR count). The fraction of sp³-hybridized carbons (Fsp3) is 0.632. The van der Waals surface area contributed by atoms with Crippen LogP contribution in [0.3, 0.4) is 0 Å². The molecule has 0 saturated carbocycles. The van der Waals surface area contributed by atoms with Gasteiger partial charge < -0.3 is 4.90 Å². The number of hydrogen-bond acceptors (Lipinski definition) is 4. The number of piperidine rings is 1. The molecule has 0 bridgehead atoms. The van der Waals surface area contributed by atoms with E-state index in [1.807, 2.05) is 0 Å². The summed E-state index contributed by atoms with van der Waals surface area (Å²) in [7, 11) is 2.21. The van der Waals surface area contributed by atoms with Crippen molar-refractivity contribution in [3.8, 4) is 0 Å². The number of aromatic nitrogens is 4. The number of rotatable bonds is 2. The molecular weight excluding hydrogens is 334 g/mol. The Bertz CT molecular complexity index is 775. The lowest BCUT2D eigenvalue weighted by atomic mass is 9.70. The number of tetrazole rings is 1. The smallest absolute Gasteiger partial charge is 0.180 e. The number of H-pyrrole nitrogens is 1. The molecular formula is C19H26ClN5. The van der Waals surface area contributed by atoms with Gasteiger partial charge in [0, 0.05) is 10.4 Å². The molecule has 134 valence electrons. The normalized spacial score (nSPS) is 23.2. The number of halogens is 1. The zero-order valence-corrected chi connectivity index (χ0v) is 16.2. The first-order valence-corrected chi connectivity index (χ1v) is 9.44. The largest absolute Gasteiger partial charge is 0.306 e. The summed E-state index contributed by atoms with van der Waals surface area (Å²) in [5, 5.41) is 15.9. The molecule has 0 unspecified atom stereocenters. The number of aromatic amines is 1. The van der Waals surface area contributed by atoms with E-state index in [-0.39, 0.29) is 10.8 Å². The van der Waals surface area contributed by atoms with Crippen LogP contribution in [0, 0.1) is 6.92 Å². The van der Waals surface area contributed by atoms with Crippen LogP contribution in [0.15, 0.2) is 12.1 Å². The van der Waals surface area contributed by atoms with Crippen LogP contribution in [-0.2, 0) is 10.8 Å². The molecule has 2 aliphatic rings. The van der Waals surface area contributed by atoms with Crippen LogP contribution in [0.2, 0.25) is 5.02 Å². The molecule has 1 spiro atoms. The minimum absolute atomic E-state index is 0.172. The SMILES string of the molecule is Cc1cc2c(cc1Cl)C1(CCN(C)CC1)C[C@@H]2C(C)(C)c1nn[nH]n1.